The Morgan fingerprint density at radius 2 is 1.76 bits per heavy atom. The lowest BCUT2D eigenvalue weighted by molar-refractivity contribution is 0.134. The number of aromatic nitrogens is 4. The van der Waals surface area contributed by atoms with E-state index in [-0.39, 0.29) is 23.0 Å². The number of anilines is 1. The van der Waals surface area contributed by atoms with E-state index in [9.17, 15) is 13.2 Å². The van der Waals surface area contributed by atoms with E-state index in [0.29, 0.717) is 36.5 Å². The number of nitrogens with one attached hydrogen (secondary N) is 1. The van der Waals surface area contributed by atoms with Gasteiger partial charge in [-0.3, -0.25) is 9.29 Å². The highest BCUT2D eigenvalue weighted by molar-refractivity contribution is 7.92. The van der Waals surface area contributed by atoms with Crippen molar-refractivity contribution in [3.8, 4) is 16.8 Å². The fourth-order valence-electron chi connectivity index (χ4n) is 5.18. The van der Waals surface area contributed by atoms with Gasteiger partial charge in [-0.25, -0.2) is 13.2 Å². The van der Waals surface area contributed by atoms with Gasteiger partial charge in [0.2, 0.25) is 0 Å². The molecule has 0 radical (unpaired) electrons. The summed E-state index contributed by atoms with van der Waals surface area (Å²) in [4.78, 5) is 13.8. The number of unbranched alkanes of at least 4 members (excludes halogenated alkanes) is 1. The van der Waals surface area contributed by atoms with E-state index in [2.05, 4.69) is 16.8 Å². The van der Waals surface area contributed by atoms with E-state index in [0.717, 1.165) is 46.6 Å². The fourth-order valence-corrected chi connectivity index (χ4v) is 6.46. The van der Waals surface area contributed by atoms with Crippen LogP contribution in [0.15, 0.2) is 80.9 Å². The van der Waals surface area contributed by atoms with Crippen molar-refractivity contribution in [2.24, 2.45) is 0 Å². The molecule has 0 bridgehead atoms. The van der Waals surface area contributed by atoms with Crippen molar-refractivity contribution >= 4 is 15.8 Å². The van der Waals surface area contributed by atoms with Crippen LogP contribution in [0.4, 0.5) is 5.82 Å². The number of ether oxygens (including phenoxy) is 1. The molecule has 11 heteroatoms. The third kappa shape index (κ3) is 6.94. The maximum atomic E-state index is 13.7. The fraction of sp³-hybridized carbons (Fsp3) is 0.324. The molecule has 2 aromatic heterocycles. The Hall–Kier alpha value is -4.48. The van der Waals surface area contributed by atoms with Crippen LogP contribution in [-0.2, 0) is 34.3 Å². The number of nitrogens with zero attached hydrogens (tertiary/aromatic N) is 4. The van der Waals surface area contributed by atoms with Gasteiger partial charge in [0.15, 0.2) is 5.82 Å². The summed E-state index contributed by atoms with van der Waals surface area (Å²) in [5.41, 5.74) is 5.12. The van der Waals surface area contributed by atoms with E-state index < -0.39 is 10.0 Å². The van der Waals surface area contributed by atoms with Crippen LogP contribution in [0.25, 0.3) is 16.8 Å². The summed E-state index contributed by atoms with van der Waals surface area (Å²) in [5.74, 6) is 1.42. The number of aryl methyl sites for hydroxylation is 3. The third-order valence-corrected chi connectivity index (χ3v) is 9.16. The zero-order chi connectivity index (χ0) is 32.1. The van der Waals surface area contributed by atoms with Gasteiger partial charge in [-0.2, -0.15) is 4.68 Å². The third-order valence-electron chi connectivity index (χ3n) is 7.77. The molecule has 1 N–H and O–H groups in total. The molecular formula is C34H39N5O5S. The van der Waals surface area contributed by atoms with E-state index in [1.807, 2.05) is 56.3 Å². The molecule has 0 unspecified atom stereocenters. The predicted molar refractivity (Wildman–Crippen MR) is 174 cm³/mol. The molecule has 10 nitrogen and oxygen atoms in total. The van der Waals surface area contributed by atoms with E-state index in [4.69, 9.17) is 14.4 Å². The molecule has 45 heavy (non-hydrogen) atoms. The zero-order valence-corrected chi connectivity index (χ0v) is 27.1. The van der Waals surface area contributed by atoms with Gasteiger partial charge in [-0.1, -0.05) is 67.0 Å². The lowest BCUT2D eigenvalue weighted by atomic mass is 9.97. The van der Waals surface area contributed by atoms with Crippen molar-refractivity contribution in [1.29, 1.82) is 0 Å². The van der Waals surface area contributed by atoms with Crippen molar-refractivity contribution < 1.29 is 17.7 Å². The Bertz CT molecular complexity index is 1970. The number of rotatable bonds is 13. The summed E-state index contributed by atoms with van der Waals surface area (Å²) in [6.45, 7) is 10.6. The van der Waals surface area contributed by atoms with Gasteiger partial charge in [0, 0.05) is 24.2 Å². The maximum Gasteiger partial charge on any atom is 0.351 e. The van der Waals surface area contributed by atoms with Gasteiger partial charge < -0.3 is 9.26 Å². The topological polar surface area (TPSA) is 121 Å². The molecule has 2 heterocycles. The van der Waals surface area contributed by atoms with E-state index >= 15 is 0 Å². The summed E-state index contributed by atoms with van der Waals surface area (Å²) in [6, 6.07) is 20.4. The first-order valence-corrected chi connectivity index (χ1v) is 16.6. The lowest BCUT2D eigenvalue weighted by Crippen LogP contribution is -2.25. The van der Waals surface area contributed by atoms with Gasteiger partial charge >= 0.3 is 5.69 Å². The molecule has 0 aliphatic rings. The lowest BCUT2D eigenvalue weighted by Gasteiger charge is -2.16. The first-order valence-electron chi connectivity index (χ1n) is 15.1. The van der Waals surface area contributed by atoms with Crippen LogP contribution < -0.4 is 10.4 Å². The average Bonchev–Trinajstić information content (AvgIpc) is 3.51. The molecule has 0 aliphatic heterocycles. The summed E-state index contributed by atoms with van der Waals surface area (Å²) in [6.07, 6.45) is 2.56. The predicted octanol–water partition coefficient (Wildman–Crippen LogP) is 6.34. The molecule has 0 saturated carbocycles. The van der Waals surface area contributed by atoms with Gasteiger partial charge in [0.05, 0.1) is 23.7 Å². The van der Waals surface area contributed by atoms with Gasteiger partial charge in [-0.15, -0.1) is 5.10 Å². The first-order chi connectivity index (χ1) is 21.6. The van der Waals surface area contributed by atoms with Crippen molar-refractivity contribution in [2.75, 3.05) is 11.3 Å². The highest BCUT2D eigenvalue weighted by Crippen LogP contribution is 2.33. The minimum Gasteiger partial charge on any atom is -0.377 e. The Kier molecular flexibility index (Phi) is 9.69. The molecule has 0 amide bonds. The number of benzene rings is 3. The van der Waals surface area contributed by atoms with Crippen molar-refractivity contribution in [1.82, 2.24) is 19.5 Å². The minimum absolute atomic E-state index is 0.105. The number of hydrogen-bond donors (Lipinski definition) is 1. The van der Waals surface area contributed by atoms with Crippen LogP contribution in [-0.4, -0.2) is 34.5 Å². The van der Waals surface area contributed by atoms with Crippen molar-refractivity contribution in [3.05, 3.63) is 111 Å². The first kappa shape index (κ1) is 31.9. The Labute approximate surface area is 263 Å². The Morgan fingerprint density at radius 3 is 2.47 bits per heavy atom. The molecular weight excluding hydrogens is 590 g/mol. The van der Waals surface area contributed by atoms with Gasteiger partial charge in [0.1, 0.15) is 11.6 Å². The number of hydrogen-bond acceptors (Lipinski definition) is 7. The molecule has 236 valence electrons. The molecule has 0 fully saturated rings. The van der Waals surface area contributed by atoms with E-state index in [1.54, 1.807) is 42.7 Å². The smallest absolute Gasteiger partial charge is 0.351 e. The average molecular weight is 630 g/mol. The van der Waals surface area contributed by atoms with Crippen LogP contribution >= 0.6 is 0 Å². The summed E-state index contributed by atoms with van der Waals surface area (Å²) >= 11 is 0. The minimum atomic E-state index is -4.01. The van der Waals surface area contributed by atoms with Crippen LogP contribution in [0.3, 0.4) is 0 Å². The zero-order valence-electron chi connectivity index (χ0n) is 26.3. The van der Waals surface area contributed by atoms with Crippen molar-refractivity contribution in [3.63, 3.8) is 0 Å². The Morgan fingerprint density at radius 1 is 0.956 bits per heavy atom. The largest absolute Gasteiger partial charge is 0.377 e. The quantitative estimate of drug-likeness (QED) is 0.161. The SMILES string of the molecule is CCCCc1nn(-c2cccc(C)c2)c(=O)n1Cc1ccc(-c2ccccc2S(=O)(=O)Nc2noc(C)c2C)c(COCC)c1. The maximum absolute atomic E-state index is 13.7. The second-order valence-electron chi connectivity index (χ2n) is 11.1. The van der Waals surface area contributed by atoms with Crippen LogP contribution in [0, 0.1) is 20.8 Å². The summed E-state index contributed by atoms with van der Waals surface area (Å²) < 4.78 is 44.0. The normalized spacial score (nSPS) is 11.7. The molecule has 0 spiro atoms. The highest BCUT2D eigenvalue weighted by Gasteiger charge is 2.24. The molecule has 5 rings (SSSR count). The number of sulfonamides is 1. The second-order valence-corrected chi connectivity index (χ2v) is 12.7. The monoisotopic (exact) mass is 629 g/mol. The summed E-state index contributed by atoms with van der Waals surface area (Å²) in [7, 11) is -4.01. The molecule has 0 atom stereocenters. The standard InChI is InChI=1S/C34H39N5O5S/c1-6-8-16-32-35-39(28-13-11-12-23(3)19-28)34(40)38(32)21-26-17-18-29(27(20-26)22-43-7-2)30-14-9-10-15-31(30)45(41,42)37-33-24(4)25(5)44-36-33/h9-15,17-20H,6-8,16,21-22H2,1-5H3,(H,36,37). The highest BCUT2D eigenvalue weighted by atomic mass is 32.2. The molecule has 0 aliphatic carbocycles. The van der Waals surface area contributed by atoms with Gasteiger partial charge in [0.25, 0.3) is 10.0 Å². The Balaban J connectivity index is 1.55. The van der Waals surface area contributed by atoms with E-state index in [1.165, 1.54) is 4.68 Å². The summed E-state index contributed by atoms with van der Waals surface area (Å²) in [5, 5.41) is 8.61. The van der Waals surface area contributed by atoms with Crippen LogP contribution in [0.2, 0.25) is 0 Å². The van der Waals surface area contributed by atoms with Crippen molar-refractivity contribution in [2.45, 2.75) is 71.9 Å². The molecule has 0 saturated heterocycles. The second kappa shape index (κ2) is 13.7. The van der Waals surface area contributed by atoms with Crippen LogP contribution in [0.1, 0.15) is 60.5 Å². The van der Waals surface area contributed by atoms with Crippen LogP contribution in [0.5, 0.6) is 0 Å². The molecule has 5 aromatic rings. The molecule has 3 aromatic carbocycles. The van der Waals surface area contributed by atoms with Gasteiger partial charge in [-0.05, 0) is 74.6 Å².